The standard InChI is InChI=1S/C11H12FN/c1-8-11(2,12)7-9-5-3-4-6-10(9)13-8/h3-6H,7H2,1-2H3. The number of nitrogens with zero attached hydrogens (tertiary/aromatic N) is 1. The predicted octanol–water partition coefficient (Wildman–Crippen LogP) is 3.06. The van der Waals surface area contributed by atoms with Crippen LogP contribution in [0.25, 0.3) is 0 Å². The van der Waals surface area contributed by atoms with Crippen molar-refractivity contribution in [1.29, 1.82) is 0 Å². The lowest BCUT2D eigenvalue weighted by Gasteiger charge is -2.25. The van der Waals surface area contributed by atoms with Gasteiger partial charge in [0.1, 0.15) is 5.67 Å². The zero-order valence-electron chi connectivity index (χ0n) is 7.84. The largest absolute Gasteiger partial charge is 0.254 e. The molecule has 1 aliphatic rings. The van der Waals surface area contributed by atoms with Gasteiger partial charge >= 0.3 is 0 Å². The quantitative estimate of drug-likeness (QED) is 0.577. The summed E-state index contributed by atoms with van der Waals surface area (Å²) in [5.74, 6) is 0. The summed E-state index contributed by atoms with van der Waals surface area (Å²) < 4.78 is 13.8. The topological polar surface area (TPSA) is 12.4 Å². The highest BCUT2D eigenvalue weighted by molar-refractivity contribution is 5.94. The second-order valence-electron chi connectivity index (χ2n) is 3.70. The van der Waals surface area contributed by atoms with E-state index in [4.69, 9.17) is 0 Å². The van der Waals surface area contributed by atoms with Crippen molar-refractivity contribution in [3.63, 3.8) is 0 Å². The van der Waals surface area contributed by atoms with Gasteiger partial charge in [-0.3, -0.25) is 4.99 Å². The molecule has 0 saturated heterocycles. The van der Waals surface area contributed by atoms with Crippen molar-refractivity contribution in [3.8, 4) is 0 Å². The van der Waals surface area contributed by atoms with E-state index < -0.39 is 5.67 Å². The van der Waals surface area contributed by atoms with Crippen LogP contribution in [-0.2, 0) is 6.42 Å². The Hall–Kier alpha value is -1.18. The second kappa shape index (κ2) is 2.66. The van der Waals surface area contributed by atoms with Crippen LogP contribution in [0.1, 0.15) is 19.4 Å². The maximum Gasteiger partial charge on any atom is 0.149 e. The smallest absolute Gasteiger partial charge is 0.149 e. The van der Waals surface area contributed by atoms with Gasteiger partial charge < -0.3 is 0 Å². The van der Waals surface area contributed by atoms with E-state index in [1.807, 2.05) is 24.3 Å². The third kappa shape index (κ3) is 1.37. The highest BCUT2D eigenvalue weighted by Gasteiger charge is 2.31. The molecule has 0 amide bonds. The number of hydrogen-bond acceptors (Lipinski definition) is 1. The van der Waals surface area contributed by atoms with Crippen LogP contribution >= 0.6 is 0 Å². The summed E-state index contributed by atoms with van der Waals surface area (Å²) in [6, 6.07) is 7.71. The Bertz CT molecular complexity index is 366. The lowest BCUT2D eigenvalue weighted by Crippen LogP contribution is -2.32. The highest BCUT2D eigenvalue weighted by Crippen LogP contribution is 2.32. The number of aliphatic imine (C=N–C) groups is 1. The fraction of sp³-hybridized carbons (Fsp3) is 0.364. The molecule has 1 unspecified atom stereocenters. The van der Waals surface area contributed by atoms with Crippen molar-refractivity contribution in [2.75, 3.05) is 0 Å². The number of halogens is 1. The van der Waals surface area contributed by atoms with E-state index in [9.17, 15) is 4.39 Å². The molecular formula is C11H12FN. The maximum atomic E-state index is 13.8. The summed E-state index contributed by atoms with van der Waals surface area (Å²) in [5, 5.41) is 0. The average molecular weight is 177 g/mol. The van der Waals surface area contributed by atoms with Crippen molar-refractivity contribution < 1.29 is 4.39 Å². The summed E-state index contributed by atoms with van der Waals surface area (Å²) in [6.45, 7) is 3.33. The number of rotatable bonds is 0. The van der Waals surface area contributed by atoms with Crippen molar-refractivity contribution in [2.45, 2.75) is 25.9 Å². The van der Waals surface area contributed by atoms with Crippen LogP contribution in [0.3, 0.4) is 0 Å². The second-order valence-corrected chi connectivity index (χ2v) is 3.70. The molecule has 2 heteroatoms. The lowest BCUT2D eigenvalue weighted by molar-refractivity contribution is 0.279. The van der Waals surface area contributed by atoms with Crippen molar-refractivity contribution in [2.24, 2.45) is 4.99 Å². The highest BCUT2D eigenvalue weighted by atomic mass is 19.1. The van der Waals surface area contributed by atoms with Crippen LogP contribution in [0.4, 0.5) is 10.1 Å². The summed E-state index contributed by atoms with van der Waals surface area (Å²) in [6.07, 6.45) is 0.443. The molecule has 1 aromatic rings. The molecule has 0 aromatic heterocycles. The Labute approximate surface area is 77.3 Å². The molecule has 68 valence electrons. The van der Waals surface area contributed by atoms with Gasteiger partial charge in [0.15, 0.2) is 0 Å². The Morgan fingerprint density at radius 3 is 2.85 bits per heavy atom. The monoisotopic (exact) mass is 177 g/mol. The van der Waals surface area contributed by atoms with Gasteiger partial charge in [0.2, 0.25) is 0 Å². The van der Waals surface area contributed by atoms with E-state index in [0.29, 0.717) is 12.1 Å². The molecule has 0 N–H and O–H groups in total. The van der Waals surface area contributed by atoms with Gasteiger partial charge in [0.25, 0.3) is 0 Å². The first-order valence-electron chi connectivity index (χ1n) is 4.42. The Morgan fingerprint density at radius 2 is 2.08 bits per heavy atom. The van der Waals surface area contributed by atoms with Gasteiger partial charge in [-0.1, -0.05) is 18.2 Å². The van der Waals surface area contributed by atoms with Crippen LogP contribution < -0.4 is 0 Å². The fourth-order valence-corrected chi connectivity index (χ4v) is 1.55. The zero-order chi connectivity index (χ0) is 9.47. The van der Waals surface area contributed by atoms with Gasteiger partial charge in [-0.25, -0.2) is 4.39 Å². The molecule has 0 radical (unpaired) electrons. The summed E-state index contributed by atoms with van der Waals surface area (Å²) >= 11 is 0. The first-order valence-corrected chi connectivity index (χ1v) is 4.42. The minimum Gasteiger partial charge on any atom is -0.254 e. The maximum absolute atomic E-state index is 13.8. The van der Waals surface area contributed by atoms with Gasteiger partial charge in [0.05, 0.1) is 11.4 Å². The molecule has 0 spiro atoms. The van der Waals surface area contributed by atoms with Crippen molar-refractivity contribution in [3.05, 3.63) is 29.8 Å². The minimum atomic E-state index is -1.27. The Kier molecular flexibility index (Phi) is 1.72. The van der Waals surface area contributed by atoms with Crippen LogP contribution in [0.15, 0.2) is 29.3 Å². The molecule has 0 bridgehead atoms. The zero-order valence-corrected chi connectivity index (χ0v) is 7.84. The van der Waals surface area contributed by atoms with Crippen molar-refractivity contribution in [1.82, 2.24) is 0 Å². The molecule has 13 heavy (non-hydrogen) atoms. The first kappa shape index (κ1) is 8.42. The Balaban J connectivity index is 2.53. The fourth-order valence-electron chi connectivity index (χ4n) is 1.55. The van der Waals surface area contributed by atoms with Gasteiger partial charge in [-0.15, -0.1) is 0 Å². The molecule has 1 atom stereocenters. The number of para-hydroxylation sites is 1. The third-order valence-corrected chi connectivity index (χ3v) is 2.56. The van der Waals surface area contributed by atoms with E-state index in [1.54, 1.807) is 13.8 Å². The molecule has 2 rings (SSSR count). The van der Waals surface area contributed by atoms with Crippen LogP contribution in [0.2, 0.25) is 0 Å². The normalized spacial score (nSPS) is 26.5. The SMILES string of the molecule is CC1=Nc2ccccc2CC1(C)F. The molecular weight excluding hydrogens is 165 g/mol. The molecule has 1 heterocycles. The Morgan fingerprint density at radius 1 is 1.38 bits per heavy atom. The molecule has 0 saturated carbocycles. The summed E-state index contributed by atoms with van der Waals surface area (Å²) in [5.41, 5.74) is 1.22. The van der Waals surface area contributed by atoms with E-state index in [0.717, 1.165) is 11.3 Å². The van der Waals surface area contributed by atoms with E-state index >= 15 is 0 Å². The van der Waals surface area contributed by atoms with Crippen molar-refractivity contribution >= 4 is 11.4 Å². The van der Waals surface area contributed by atoms with Gasteiger partial charge in [-0.2, -0.15) is 0 Å². The number of benzene rings is 1. The lowest BCUT2D eigenvalue weighted by atomic mass is 9.90. The summed E-state index contributed by atoms with van der Waals surface area (Å²) in [7, 11) is 0. The minimum absolute atomic E-state index is 0.443. The average Bonchev–Trinajstić information content (AvgIpc) is 2.06. The van der Waals surface area contributed by atoms with Gasteiger partial charge in [0, 0.05) is 6.42 Å². The van der Waals surface area contributed by atoms with Crippen LogP contribution in [0, 0.1) is 0 Å². The molecule has 1 aliphatic heterocycles. The third-order valence-electron chi connectivity index (χ3n) is 2.56. The summed E-state index contributed by atoms with van der Waals surface area (Å²) in [4.78, 5) is 4.24. The van der Waals surface area contributed by atoms with Gasteiger partial charge in [-0.05, 0) is 25.5 Å². The van der Waals surface area contributed by atoms with E-state index in [-0.39, 0.29) is 0 Å². The van der Waals surface area contributed by atoms with E-state index in [2.05, 4.69) is 4.99 Å². The molecule has 1 nitrogen and oxygen atoms in total. The number of alkyl halides is 1. The van der Waals surface area contributed by atoms with Crippen LogP contribution in [-0.4, -0.2) is 11.4 Å². The first-order chi connectivity index (χ1) is 6.09. The molecule has 1 aromatic carbocycles. The number of fused-ring (bicyclic) bond motifs is 1. The number of hydrogen-bond donors (Lipinski definition) is 0. The predicted molar refractivity (Wildman–Crippen MR) is 52.4 cm³/mol. The van der Waals surface area contributed by atoms with E-state index in [1.165, 1.54) is 0 Å². The molecule has 0 fully saturated rings. The van der Waals surface area contributed by atoms with Crippen LogP contribution in [0.5, 0.6) is 0 Å². The molecule has 0 aliphatic carbocycles.